The van der Waals surface area contributed by atoms with Gasteiger partial charge in [0.25, 0.3) is 0 Å². The van der Waals surface area contributed by atoms with Gasteiger partial charge in [-0.15, -0.1) is 0 Å². The zero-order chi connectivity index (χ0) is 9.97. The summed E-state index contributed by atoms with van der Waals surface area (Å²) in [5.74, 6) is 0.803. The SMILES string of the molecule is COc1ccc(C2CCN2)c(CO)c1. The van der Waals surface area contributed by atoms with Crippen LogP contribution in [0.15, 0.2) is 18.2 Å². The van der Waals surface area contributed by atoms with Crippen molar-refractivity contribution in [3.63, 3.8) is 0 Å². The predicted octanol–water partition coefficient (Wildman–Crippen LogP) is 1.22. The van der Waals surface area contributed by atoms with Crippen LogP contribution in [0.5, 0.6) is 5.75 Å². The fourth-order valence-corrected chi connectivity index (χ4v) is 1.74. The molecule has 0 bridgehead atoms. The lowest BCUT2D eigenvalue weighted by Gasteiger charge is -2.29. The minimum atomic E-state index is 0.0741. The van der Waals surface area contributed by atoms with Crippen LogP contribution in [0.4, 0.5) is 0 Å². The third-order valence-electron chi connectivity index (χ3n) is 2.72. The maximum Gasteiger partial charge on any atom is 0.119 e. The van der Waals surface area contributed by atoms with Crippen molar-refractivity contribution in [2.75, 3.05) is 13.7 Å². The highest BCUT2D eigenvalue weighted by molar-refractivity contribution is 5.37. The molecule has 3 heteroatoms. The van der Waals surface area contributed by atoms with E-state index in [1.165, 1.54) is 5.56 Å². The van der Waals surface area contributed by atoms with Crippen molar-refractivity contribution in [3.05, 3.63) is 29.3 Å². The number of benzene rings is 1. The number of hydrogen-bond acceptors (Lipinski definition) is 3. The average molecular weight is 193 g/mol. The Morgan fingerprint density at radius 1 is 1.57 bits per heavy atom. The Hall–Kier alpha value is -1.06. The maximum absolute atomic E-state index is 9.22. The van der Waals surface area contributed by atoms with Gasteiger partial charge in [0.15, 0.2) is 0 Å². The molecule has 0 aromatic heterocycles. The molecule has 0 saturated carbocycles. The Labute approximate surface area is 83.7 Å². The summed E-state index contributed by atoms with van der Waals surface area (Å²) in [5, 5.41) is 12.5. The highest BCUT2D eigenvalue weighted by Crippen LogP contribution is 2.28. The second-order valence-corrected chi connectivity index (χ2v) is 3.52. The third kappa shape index (κ3) is 1.61. The van der Waals surface area contributed by atoms with Gasteiger partial charge >= 0.3 is 0 Å². The molecule has 0 spiro atoms. The van der Waals surface area contributed by atoms with Gasteiger partial charge in [-0.3, -0.25) is 0 Å². The molecule has 1 atom stereocenters. The Morgan fingerprint density at radius 2 is 2.36 bits per heavy atom. The summed E-state index contributed by atoms with van der Waals surface area (Å²) in [6, 6.07) is 6.29. The molecular formula is C11H15NO2. The molecule has 0 amide bonds. The van der Waals surface area contributed by atoms with Crippen LogP contribution in [0.3, 0.4) is 0 Å². The summed E-state index contributed by atoms with van der Waals surface area (Å²) in [5.41, 5.74) is 2.15. The van der Waals surface area contributed by atoms with Crippen molar-refractivity contribution in [2.24, 2.45) is 0 Å². The molecule has 1 aliphatic rings. The van der Waals surface area contributed by atoms with Crippen molar-refractivity contribution < 1.29 is 9.84 Å². The molecule has 1 aromatic rings. The number of methoxy groups -OCH3 is 1. The lowest BCUT2D eigenvalue weighted by molar-refractivity contribution is 0.275. The first-order valence-electron chi connectivity index (χ1n) is 4.86. The van der Waals surface area contributed by atoms with E-state index >= 15 is 0 Å². The summed E-state index contributed by atoms with van der Waals surface area (Å²) in [4.78, 5) is 0. The molecule has 1 saturated heterocycles. The lowest BCUT2D eigenvalue weighted by atomic mass is 9.93. The van der Waals surface area contributed by atoms with E-state index in [4.69, 9.17) is 4.74 Å². The standard InChI is InChI=1S/C11H15NO2/c1-14-9-2-3-10(8(6-9)7-13)11-4-5-12-11/h2-3,6,11-13H,4-5,7H2,1H3. The van der Waals surface area contributed by atoms with Crippen LogP contribution in [-0.4, -0.2) is 18.8 Å². The van der Waals surface area contributed by atoms with Crippen molar-refractivity contribution in [1.82, 2.24) is 5.32 Å². The normalized spacial score (nSPS) is 20.3. The zero-order valence-corrected chi connectivity index (χ0v) is 8.29. The van der Waals surface area contributed by atoms with Crippen molar-refractivity contribution in [2.45, 2.75) is 19.1 Å². The molecule has 1 aromatic carbocycles. The van der Waals surface area contributed by atoms with E-state index in [0.29, 0.717) is 6.04 Å². The van der Waals surface area contributed by atoms with Crippen LogP contribution in [0.25, 0.3) is 0 Å². The fraction of sp³-hybridized carbons (Fsp3) is 0.455. The van der Waals surface area contributed by atoms with Gasteiger partial charge in [0, 0.05) is 6.04 Å². The molecule has 1 fully saturated rings. The molecular weight excluding hydrogens is 178 g/mol. The van der Waals surface area contributed by atoms with Crippen LogP contribution >= 0.6 is 0 Å². The van der Waals surface area contributed by atoms with E-state index in [0.717, 1.165) is 24.3 Å². The third-order valence-corrected chi connectivity index (χ3v) is 2.72. The number of aliphatic hydroxyl groups is 1. The molecule has 2 N–H and O–H groups in total. The summed E-state index contributed by atoms with van der Waals surface area (Å²) < 4.78 is 5.11. The highest BCUT2D eigenvalue weighted by Gasteiger charge is 2.21. The number of aliphatic hydroxyl groups excluding tert-OH is 1. The predicted molar refractivity (Wildman–Crippen MR) is 54.3 cm³/mol. The number of hydrogen-bond donors (Lipinski definition) is 2. The molecule has 76 valence electrons. The molecule has 0 radical (unpaired) electrons. The molecule has 1 aliphatic heterocycles. The van der Waals surface area contributed by atoms with Gasteiger partial charge in [-0.1, -0.05) is 6.07 Å². The van der Waals surface area contributed by atoms with Gasteiger partial charge in [0.05, 0.1) is 13.7 Å². The van der Waals surface area contributed by atoms with E-state index in [-0.39, 0.29) is 6.61 Å². The van der Waals surface area contributed by atoms with Gasteiger partial charge < -0.3 is 15.2 Å². The largest absolute Gasteiger partial charge is 0.497 e. The minimum Gasteiger partial charge on any atom is -0.497 e. The number of ether oxygens (including phenoxy) is 1. The lowest BCUT2D eigenvalue weighted by Crippen LogP contribution is -2.35. The monoisotopic (exact) mass is 193 g/mol. The highest BCUT2D eigenvalue weighted by atomic mass is 16.5. The Balaban J connectivity index is 2.29. The smallest absolute Gasteiger partial charge is 0.119 e. The van der Waals surface area contributed by atoms with Crippen LogP contribution in [0.2, 0.25) is 0 Å². The summed E-state index contributed by atoms with van der Waals surface area (Å²) in [6.45, 7) is 1.15. The first kappa shape index (κ1) is 9.49. The fourth-order valence-electron chi connectivity index (χ4n) is 1.74. The van der Waals surface area contributed by atoms with Crippen molar-refractivity contribution >= 4 is 0 Å². The molecule has 14 heavy (non-hydrogen) atoms. The van der Waals surface area contributed by atoms with Gasteiger partial charge in [-0.2, -0.15) is 0 Å². The Bertz CT molecular complexity index is 321. The first-order chi connectivity index (χ1) is 6.85. The summed E-state index contributed by atoms with van der Waals surface area (Å²) >= 11 is 0. The summed E-state index contributed by atoms with van der Waals surface area (Å²) in [7, 11) is 1.64. The van der Waals surface area contributed by atoms with Gasteiger partial charge in [-0.05, 0) is 36.2 Å². The van der Waals surface area contributed by atoms with Crippen molar-refractivity contribution in [1.29, 1.82) is 0 Å². The van der Waals surface area contributed by atoms with Crippen LogP contribution in [0.1, 0.15) is 23.6 Å². The second kappa shape index (κ2) is 3.98. The minimum absolute atomic E-state index is 0.0741. The van der Waals surface area contributed by atoms with Crippen LogP contribution in [-0.2, 0) is 6.61 Å². The van der Waals surface area contributed by atoms with Gasteiger partial charge in [0.1, 0.15) is 5.75 Å². The Morgan fingerprint density at radius 3 is 2.86 bits per heavy atom. The van der Waals surface area contributed by atoms with Gasteiger partial charge in [0.2, 0.25) is 0 Å². The molecule has 1 unspecified atom stereocenters. The van der Waals surface area contributed by atoms with E-state index in [1.807, 2.05) is 18.2 Å². The van der Waals surface area contributed by atoms with E-state index in [9.17, 15) is 5.11 Å². The maximum atomic E-state index is 9.22. The zero-order valence-electron chi connectivity index (χ0n) is 8.29. The van der Waals surface area contributed by atoms with Crippen LogP contribution < -0.4 is 10.1 Å². The topological polar surface area (TPSA) is 41.5 Å². The number of rotatable bonds is 3. The second-order valence-electron chi connectivity index (χ2n) is 3.52. The summed E-state index contributed by atoms with van der Waals surface area (Å²) in [6.07, 6.45) is 1.15. The number of nitrogens with one attached hydrogen (secondary N) is 1. The van der Waals surface area contributed by atoms with E-state index in [2.05, 4.69) is 5.32 Å². The molecule has 3 nitrogen and oxygen atoms in total. The average Bonchev–Trinajstić information content (AvgIpc) is 2.16. The van der Waals surface area contributed by atoms with E-state index in [1.54, 1.807) is 7.11 Å². The van der Waals surface area contributed by atoms with Crippen molar-refractivity contribution in [3.8, 4) is 5.75 Å². The molecule has 2 rings (SSSR count). The van der Waals surface area contributed by atoms with Gasteiger partial charge in [-0.25, -0.2) is 0 Å². The first-order valence-corrected chi connectivity index (χ1v) is 4.86. The quantitative estimate of drug-likeness (QED) is 0.758. The Kier molecular flexibility index (Phi) is 2.70. The molecule has 0 aliphatic carbocycles. The van der Waals surface area contributed by atoms with E-state index < -0.39 is 0 Å². The molecule has 1 heterocycles. The van der Waals surface area contributed by atoms with Crippen LogP contribution in [0, 0.1) is 0 Å².